The number of aliphatic hydroxyl groups is 1. The van der Waals surface area contributed by atoms with Crippen molar-refractivity contribution in [3.8, 4) is 0 Å². The monoisotopic (exact) mass is 527 g/mol. The number of nitrogens with zero attached hydrogens (tertiary/aromatic N) is 1. The molecule has 0 aromatic carbocycles. The van der Waals surface area contributed by atoms with Crippen molar-refractivity contribution in [2.75, 3.05) is 33.1 Å². The van der Waals surface area contributed by atoms with Gasteiger partial charge >= 0.3 is 5.97 Å². The topological polar surface area (TPSA) is 108 Å². The zero-order valence-electron chi connectivity index (χ0n) is 23.0. The Balaban J connectivity index is 1.59. The number of ether oxygens (including phenoxy) is 1. The number of carbonyl (C=O) groups excluding carboxylic acids is 1. The first-order chi connectivity index (χ1) is 16.9. The Morgan fingerprint density at radius 3 is 2.50 bits per heavy atom. The number of piperidine rings is 1. The molecule has 3 unspecified atom stereocenters. The van der Waals surface area contributed by atoms with Gasteiger partial charge in [-0.2, -0.15) is 0 Å². The molecular formula is C27H49N3O5S. The minimum Gasteiger partial charge on any atom is -0.469 e. The van der Waals surface area contributed by atoms with E-state index in [1.807, 2.05) is 0 Å². The highest BCUT2D eigenvalue weighted by atomic mass is 32.2. The maximum Gasteiger partial charge on any atom is 0.305 e. The predicted octanol–water partition coefficient (Wildman–Crippen LogP) is 2.92. The van der Waals surface area contributed by atoms with E-state index in [1.54, 1.807) is 0 Å². The summed E-state index contributed by atoms with van der Waals surface area (Å²) in [6, 6.07) is 0.590. The highest BCUT2D eigenvalue weighted by Crippen LogP contribution is 2.65. The minimum absolute atomic E-state index is 0.135. The van der Waals surface area contributed by atoms with Crippen molar-refractivity contribution < 1.29 is 23.1 Å². The van der Waals surface area contributed by atoms with E-state index < -0.39 is 10.0 Å². The summed E-state index contributed by atoms with van der Waals surface area (Å²) < 4.78 is 29.9. The number of methoxy groups -OCH3 is 1. The van der Waals surface area contributed by atoms with E-state index in [0.29, 0.717) is 48.6 Å². The lowest BCUT2D eigenvalue weighted by atomic mass is 9.48. The summed E-state index contributed by atoms with van der Waals surface area (Å²) in [7, 11) is -1.93. The van der Waals surface area contributed by atoms with Crippen LogP contribution in [0, 0.1) is 40.4 Å². The molecule has 0 radical (unpaired) electrons. The molecule has 208 valence electrons. The fourth-order valence-electron chi connectivity index (χ4n) is 9.20. The summed E-state index contributed by atoms with van der Waals surface area (Å²) in [6.45, 7) is 8.72. The summed E-state index contributed by atoms with van der Waals surface area (Å²) in [6.07, 6.45) is 10.4. The Hall–Kier alpha value is -0.740. The molecule has 0 aromatic rings. The summed E-state index contributed by atoms with van der Waals surface area (Å²) in [5.74, 6) is 2.16. The average molecular weight is 528 g/mol. The zero-order valence-corrected chi connectivity index (χ0v) is 23.8. The van der Waals surface area contributed by atoms with E-state index in [1.165, 1.54) is 19.8 Å². The fraction of sp³-hybridized carbons (Fsp3) is 0.963. The van der Waals surface area contributed by atoms with Gasteiger partial charge in [-0.05, 0) is 91.8 Å². The number of fused-ring (bicyclic) bond motifs is 5. The quantitative estimate of drug-likeness (QED) is 0.396. The highest BCUT2D eigenvalue weighted by Gasteiger charge is 2.63. The second kappa shape index (κ2) is 10.8. The molecule has 3 saturated carbocycles. The van der Waals surface area contributed by atoms with E-state index in [2.05, 4.69) is 35.9 Å². The van der Waals surface area contributed by atoms with Gasteiger partial charge in [0.1, 0.15) is 0 Å². The van der Waals surface area contributed by atoms with Crippen LogP contribution >= 0.6 is 0 Å². The molecule has 9 atom stereocenters. The number of hydrogen-bond donors (Lipinski definition) is 3. The molecule has 4 aliphatic rings. The second-order valence-electron chi connectivity index (χ2n) is 12.9. The van der Waals surface area contributed by atoms with Crippen LogP contribution < -0.4 is 10.1 Å². The molecular weight excluding hydrogens is 478 g/mol. The van der Waals surface area contributed by atoms with Gasteiger partial charge in [0.2, 0.25) is 10.0 Å². The molecule has 4 fully saturated rings. The molecule has 9 heteroatoms. The normalized spacial score (nSPS) is 41.7. The third-order valence-corrected chi connectivity index (χ3v) is 11.6. The van der Waals surface area contributed by atoms with Crippen LogP contribution in [0.5, 0.6) is 0 Å². The molecule has 1 heterocycles. The second-order valence-corrected chi connectivity index (χ2v) is 14.6. The number of rotatable bonds is 9. The van der Waals surface area contributed by atoms with E-state index in [4.69, 9.17) is 4.74 Å². The van der Waals surface area contributed by atoms with Crippen molar-refractivity contribution in [2.45, 2.75) is 90.6 Å². The van der Waals surface area contributed by atoms with Crippen LogP contribution in [0.2, 0.25) is 0 Å². The first kappa shape index (κ1) is 28.3. The molecule has 3 N–H and O–H groups in total. The van der Waals surface area contributed by atoms with Crippen molar-refractivity contribution in [1.29, 1.82) is 0 Å². The van der Waals surface area contributed by atoms with Gasteiger partial charge in [0.05, 0.1) is 20.0 Å². The largest absolute Gasteiger partial charge is 0.469 e. The van der Waals surface area contributed by atoms with Crippen molar-refractivity contribution in [1.82, 2.24) is 15.2 Å². The van der Waals surface area contributed by atoms with Gasteiger partial charge in [-0.1, -0.05) is 20.8 Å². The Labute approximate surface area is 218 Å². The van der Waals surface area contributed by atoms with Gasteiger partial charge in [0.15, 0.2) is 0 Å². The number of esters is 1. The van der Waals surface area contributed by atoms with Gasteiger partial charge in [-0.3, -0.25) is 4.79 Å². The molecule has 0 bridgehead atoms. The number of carbonyl (C=O) groups is 1. The first-order valence-corrected chi connectivity index (χ1v) is 16.0. The lowest BCUT2D eigenvalue weighted by molar-refractivity contribution is -0.157. The summed E-state index contributed by atoms with van der Waals surface area (Å²) in [5.41, 5.74) is 0.352. The van der Waals surface area contributed by atoms with E-state index in [0.717, 1.165) is 51.5 Å². The SMILES string of the molecule is COC(=O)CC[C@@H](C)[C@H]1CCC2C3C(CC[C@@]21C)[C@@]1(C)CC[C@H](NCCO)C[C@H]1CN3NS(C)(=O)=O. The number of aliphatic hydroxyl groups excluding tert-OH is 1. The summed E-state index contributed by atoms with van der Waals surface area (Å²) in [4.78, 5) is 14.8. The van der Waals surface area contributed by atoms with Crippen molar-refractivity contribution >= 4 is 16.0 Å². The van der Waals surface area contributed by atoms with Crippen LogP contribution in [-0.2, 0) is 19.6 Å². The standard InChI is InChI=1S/C27H49N3O5S/c1-18(6-9-24(32)35-4)21-7-8-22-25-23(11-13-27(21,22)3)26(2)12-10-20(28-14-15-31)16-19(26)17-30(25)29-36(5,33)34/h18-23,25,28-29,31H,6-17H2,1-5H3/t18-,19+,20+,21-,22?,23?,25?,26+,27-/m1/s1. The molecule has 36 heavy (non-hydrogen) atoms. The van der Waals surface area contributed by atoms with Crippen LogP contribution in [0.15, 0.2) is 0 Å². The van der Waals surface area contributed by atoms with E-state index >= 15 is 0 Å². The smallest absolute Gasteiger partial charge is 0.305 e. The van der Waals surface area contributed by atoms with Gasteiger partial charge < -0.3 is 15.2 Å². The maximum absolute atomic E-state index is 12.5. The molecule has 3 aliphatic carbocycles. The Bertz CT molecular complexity index is 900. The minimum atomic E-state index is -3.38. The number of hydrazine groups is 1. The summed E-state index contributed by atoms with van der Waals surface area (Å²) >= 11 is 0. The molecule has 1 saturated heterocycles. The van der Waals surface area contributed by atoms with Crippen LogP contribution in [0.1, 0.15) is 78.6 Å². The third kappa shape index (κ3) is 5.37. The highest BCUT2D eigenvalue weighted by molar-refractivity contribution is 7.88. The zero-order chi connectivity index (χ0) is 26.3. The molecule has 0 spiro atoms. The molecule has 4 rings (SSSR count). The first-order valence-electron chi connectivity index (χ1n) is 14.1. The summed E-state index contributed by atoms with van der Waals surface area (Å²) in [5, 5.41) is 14.9. The predicted molar refractivity (Wildman–Crippen MR) is 140 cm³/mol. The van der Waals surface area contributed by atoms with E-state index in [-0.39, 0.29) is 29.4 Å². The van der Waals surface area contributed by atoms with Crippen molar-refractivity contribution in [2.24, 2.45) is 40.4 Å². The van der Waals surface area contributed by atoms with Crippen molar-refractivity contribution in [3.63, 3.8) is 0 Å². The Morgan fingerprint density at radius 2 is 1.83 bits per heavy atom. The molecule has 8 nitrogen and oxygen atoms in total. The van der Waals surface area contributed by atoms with Gasteiger partial charge in [0, 0.05) is 31.6 Å². The van der Waals surface area contributed by atoms with E-state index in [9.17, 15) is 18.3 Å². The molecule has 1 aliphatic heterocycles. The van der Waals surface area contributed by atoms with Crippen LogP contribution in [0.25, 0.3) is 0 Å². The lowest BCUT2D eigenvalue weighted by Crippen LogP contribution is -2.69. The van der Waals surface area contributed by atoms with Gasteiger partial charge in [0.25, 0.3) is 0 Å². The van der Waals surface area contributed by atoms with Gasteiger partial charge in [-0.25, -0.2) is 13.4 Å². The van der Waals surface area contributed by atoms with Crippen LogP contribution in [0.4, 0.5) is 0 Å². The fourth-order valence-corrected chi connectivity index (χ4v) is 9.82. The molecule has 0 aromatic heterocycles. The maximum atomic E-state index is 12.5. The third-order valence-electron chi connectivity index (χ3n) is 11.0. The Kier molecular flexibility index (Phi) is 8.48. The van der Waals surface area contributed by atoms with Crippen molar-refractivity contribution in [3.05, 3.63) is 0 Å². The van der Waals surface area contributed by atoms with Gasteiger partial charge in [-0.15, -0.1) is 4.83 Å². The Morgan fingerprint density at radius 1 is 1.14 bits per heavy atom. The number of sulfonamides is 1. The van der Waals surface area contributed by atoms with Crippen LogP contribution in [-0.4, -0.2) is 69.6 Å². The average Bonchev–Trinajstić information content (AvgIpc) is 3.17. The van der Waals surface area contributed by atoms with Crippen LogP contribution in [0.3, 0.4) is 0 Å². The molecule has 0 amide bonds. The number of hydrogen-bond acceptors (Lipinski definition) is 7. The lowest BCUT2D eigenvalue weighted by Gasteiger charge is -2.64. The number of nitrogens with one attached hydrogen (secondary N) is 2.